The maximum Gasteiger partial charge on any atom is 0.257 e. The molecule has 1 heterocycles. The number of nitrogens with zero attached hydrogens (tertiary/aromatic N) is 1. The van der Waals surface area contributed by atoms with Crippen LogP contribution in [0.2, 0.25) is 0 Å². The first-order valence-electron chi connectivity index (χ1n) is 10.1. The maximum absolute atomic E-state index is 13.1. The van der Waals surface area contributed by atoms with Crippen LogP contribution in [0.25, 0.3) is 0 Å². The van der Waals surface area contributed by atoms with Crippen molar-refractivity contribution >= 4 is 15.9 Å². The first-order valence-corrected chi connectivity index (χ1v) is 11.6. The van der Waals surface area contributed by atoms with Crippen molar-refractivity contribution in [1.82, 2.24) is 9.62 Å². The van der Waals surface area contributed by atoms with Crippen molar-refractivity contribution in [2.75, 3.05) is 20.2 Å². The second-order valence-corrected chi connectivity index (χ2v) is 9.34. The van der Waals surface area contributed by atoms with Crippen LogP contribution in [0.4, 0.5) is 0 Å². The quantitative estimate of drug-likeness (QED) is 0.815. The van der Waals surface area contributed by atoms with Crippen LogP contribution in [0.1, 0.15) is 53.2 Å². The fourth-order valence-electron chi connectivity index (χ4n) is 4.24. The molecule has 154 valence electrons. The molecular weight excluding hydrogens is 388 g/mol. The molecule has 0 saturated carbocycles. The average Bonchev–Trinajstić information content (AvgIpc) is 3.28. The van der Waals surface area contributed by atoms with E-state index in [2.05, 4.69) is 10.8 Å². The molecule has 7 heteroatoms. The third kappa shape index (κ3) is 4.02. The van der Waals surface area contributed by atoms with Crippen LogP contribution in [0.15, 0.2) is 47.4 Å². The zero-order valence-electron chi connectivity index (χ0n) is 16.6. The monoisotopic (exact) mass is 414 g/mol. The van der Waals surface area contributed by atoms with Crippen molar-refractivity contribution in [2.45, 2.75) is 43.0 Å². The molecule has 6 nitrogen and oxygen atoms in total. The zero-order chi connectivity index (χ0) is 20.4. The first kappa shape index (κ1) is 19.9. The molecule has 1 fully saturated rings. The van der Waals surface area contributed by atoms with Gasteiger partial charge >= 0.3 is 0 Å². The predicted octanol–water partition coefficient (Wildman–Crippen LogP) is 3.29. The van der Waals surface area contributed by atoms with Gasteiger partial charge in [0.25, 0.3) is 5.91 Å². The minimum absolute atomic E-state index is 0.0869. The molecule has 1 amide bonds. The van der Waals surface area contributed by atoms with Crippen LogP contribution in [0.3, 0.4) is 0 Å². The number of hydrogen-bond acceptors (Lipinski definition) is 4. The molecule has 2 aromatic rings. The minimum Gasteiger partial charge on any atom is -0.496 e. The van der Waals surface area contributed by atoms with Crippen molar-refractivity contribution in [3.8, 4) is 5.75 Å². The van der Waals surface area contributed by atoms with Gasteiger partial charge in [0.05, 0.1) is 17.6 Å². The highest BCUT2D eigenvalue weighted by atomic mass is 32.2. The molecule has 1 aliphatic heterocycles. The van der Waals surface area contributed by atoms with Gasteiger partial charge in [0.2, 0.25) is 10.0 Å². The van der Waals surface area contributed by atoms with E-state index in [1.54, 1.807) is 11.0 Å². The number of fused-ring (bicyclic) bond motifs is 1. The first-order chi connectivity index (χ1) is 14.0. The second-order valence-electron chi connectivity index (χ2n) is 7.63. The summed E-state index contributed by atoms with van der Waals surface area (Å²) in [5, 5.41) is 0. The lowest BCUT2D eigenvalue weighted by atomic mass is 9.88. The Labute approximate surface area is 171 Å². The second kappa shape index (κ2) is 8.16. The number of rotatable bonds is 5. The number of sulfonamides is 1. The lowest BCUT2D eigenvalue weighted by molar-refractivity contribution is 0.0789. The van der Waals surface area contributed by atoms with E-state index >= 15 is 0 Å². The molecule has 0 bridgehead atoms. The van der Waals surface area contributed by atoms with Gasteiger partial charge in [-0.2, -0.15) is 0 Å². The molecular formula is C22H26N2O4S. The van der Waals surface area contributed by atoms with E-state index in [0.29, 0.717) is 24.4 Å². The summed E-state index contributed by atoms with van der Waals surface area (Å²) >= 11 is 0. The van der Waals surface area contributed by atoms with E-state index in [9.17, 15) is 13.2 Å². The molecule has 0 aromatic heterocycles. The number of benzene rings is 2. The summed E-state index contributed by atoms with van der Waals surface area (Å²) in [5.74, 6) is 0.211. The number of carbonyl (C=O) groups is 1. The van der Waals surface area contributed by atoms with Crippen molar-refractivity contribution in [3.63, 3.8) is 0 Å². The largest absolute Gasteiger partial charge is 0.496 e. The van der Waals surface area contributed by atoms with Gasteiger partial charge in [-0.1, -0.05) is 24.3 Å². The summed E-state index contributed by atoms with van der Waals surface area (Å²) in [6.45, 7) is 1.38. The number of aryl methyl sites for hydroxylation is 1. The fraction of sp³-hybridized carbons (Fsp3) is 0.409. The summed E-state index contributed by atoms with van der Waals surface area (Å²) < 4.78 is 34.4. The van der Waals surface area contributed by atoms with Gasteiger partial charge in [0.15, 0.2) is 0 Å². The van der Waals surface area contributed by atoms with Crippen LogP contribution >= 0.6 is 0 Å². The van der Waals surface area contributed by atoms with Crippen LogP contribution in [0.5, 0.6) is 5.75 Å². The molecule has 1 N–H and O–H groups in total. The standard InChI is InChI=1S/C22H26N2O4S/c1-28-21-12-11-17(15-19(21)22(25)24-13-4-5-14-24)29(26,27)23-20-10-6-8-16-7-2-3-9-18(16)20/h2-3,7,9,11-12,15,20,23H,4-6,8,10,13-14H2,1H3. The van der Waals surface area contributed by atoms with Gasteiger partial charge in [-0.05, 0) is 61.4 Å². The number of methoxy groups -OCH3 is 1. The topological polar surface area (TPSA) is 75.7 Å². The Morgan fingerprint density at radius 3 is 2.62 bits per heavy atom. The number of amides is 1. The van der Waals surface area contributed by atoms with Crippen LogP contribution in [0, 0.1) is 0 Å². The lowest BCUT2D eigenvalue weighted by Crippen LogP contribution is -2.32. The molecule has 0 radical (unpaired) electrons. The van der Waals surface area contributed by atoms with Gasteiger partial charge in [-0.3, -0.25) is 4.79 Å². The Bertz CT molecular complexity index is 1010. The lowest BCUT2D eigenvalue weighted by Gasteiger charge is -2.26. The Morgan fingerprint density at radius 2 is 1.86 bits per heavy atom. The Hall–Kier alpha value is -2.38. The fourth-order valence-corrected chi connectivity index (χ4v) is 5.52. The van der Waals surface area contributed by atoms with Gasteiger partial charge in [-0.25, -0.2) is 13.1 Å². The molecule has 0 spiro atoms. The van der Waals surface area contributed by atoms with Crippen molar-refractivity contribution in [2.24, 2.45) is 0 Å². The molecule has 29 heavy (non-hydrogen) atoms. The number of carbonyl (C=O) groups excluding carboxylic acids is 1. The van der Waals surface area contributed by atoms with Gasteiger partial charge in [0, 0.05) is 19.1 Å². The van der Waals surface area contributed by atoms with Crippen LogP contribution in [-0.2, 0) is 16.4 Å². The summed E-state index contributed by atoms with van der Waals surface area (Å²) in [7, 11) is -2.30. The van der Waals surface area contributed by atoms with Gasteiger partial charge < -0.3 is 9.64 Å². The summed E-state index contributed by atoms with van der Waals surface area (Å²) in [5.41, 5.74) is 2.51. The molecule has 2 aliphatic rings. The SMILES string of the molecule is COc1ccc(S(=O)(=O)NC2CCCc3ccccc32)cc1C(=O)N1CCCC1. The number of ether oxygens (including phenoxy) is 1. The summed E-state index contributed by atoms with van der Waals surface area (Å²) in [4.78, 5) is 14.7. The Morgan fingerprint density at radius 1 is 1.10 bits per heavy atom. The van der Waals surface area contributed by atoms with Gasteiger partial charge in [0.1, 0.15) is 5.75 Å². The normalized spacial score (nSPS) is 19.1. The summed E-state index contributed by atoms with van der Waals surface area (Å²) in [6.07, 6.45) is 4.59. The van der Waals surface area contributed by atoms with E-state index in [1.807, 2.05) is 18.2 Å². The van der Waals surface area contributed by atoms with Crippen molar-refractivity contribution in [1.29, 1.82) is 0 Å². The molecule has 1 saturated heterocycles. The highest BCUT2D eigenvalue weighted by molar-refractivity contribution is 7.89. The minimum atomic E-state index is -3.78. The highest BCUT2D eigenvalue weighted by Crippen LogP contribution is 2.32. The summed E-state index contributed by atoms with van der Waals surface area (Å²) in [6, 6.07) is 12.2. The van der Waals surface area contributed by atoms with Gasteiger partial charge in [-0.15, -0.1) is 0 Å². The molecule has 2 aromatic carbocycles. The predicted molar refractivity (Wildman–Crippen MR) is 111 cm³/mol. The molecule has 1 atom stereocenters. The number of nitrogens with one attached hydrogen (secondary N) is 1. The van der Waals surface area contributed by atoms with E-state index in [1.165, 1.54) is 24.8 Å². The van der Waals surface area contributed by atoms with Crippen LogP contribution in [-0.4, -0.2) is 39.4 Å². The Balaban J connectivity index is 1.64. The van der Waals surface area contributed by atoms with E-state index in [4.69, 9.17) is 4.74 Å². The smallest absolute Gasteiger partial charge is 0.257 e. The van der Waals surface area contributed by atoms with E-state index in [-0.39, 0.29) is 16.8 Å². The molecule has 4 rings (SSSR count). The third-order valence-electron chi connectivity index (χ3n) is 5.77. The van der Waals surface area contributed by atoms with Crippen LogP contribution < -0.4 is 9.46 Å². The maximum atomic E-state index is 13.1. The molecule has 1 unspecified atom stereocenters. The van der Waals surface area contributed by atoms with Crippen molar-refractivity contribution in [3.05, 3.63) is 59.2 Å². The van der Waals surface area contributed by atoms with Crippen molar-refractivity contribution < 1.29 is 17.9 Å². The number of hydrogen-bond donors (Lipinski definition) is 1. The third-order valence-corrected chi connectivity index (χ3v) is 7.24. The molecule has 1 aliphatic carbocycles. The van der Waals surface area contributed by atoms with E-state index in [0.717, 1.165) is 37.7 Å². The average molecular weight is 415 g/mol. The zero-order valence-corrected chi connectivity index (χ0v) is 17.4. The number of likely N-dealkylation sites (tertiary alicyclic amines) is 1. The Kier molecular flexibility index (Phi) is 5.61. The van der Waals surface area contributed by atoms with E-state index < -0.39 is 10.0 Å². The highest BCUT2D eigenvalue weighted by Gasteiger charge is 2.28.